The molecule has 0 aliphatic carbocycles. The Morgan fingerprint density at radius 3 is 2.11 bits per heavy atom. The second-order valence-electron chi connectivity index (χ2n) is 10.1. The Morgan fingerprint density at radius 1 is 0.921 bits per heavy atom. The SMILES string of the molecule is Cc1cc(C)cc(NC(=O)CN(C[C@@H]2CCCO2)S(=O)(=O)c2ccc(S(=O)(=O)N3CCCCCC3)cc2)c1. The highest BCUT2D eigenvalue weighted by atomic mass is 32.2. The topological polar surface area (TPSA) is 113 Å². The van der Waals surface area contributed by atoms with Crippen molar-refractivity contribution >= 4 is 31.6 Å². The minimum absolute atomic E-state index is 0.0381. The molecule has 2 fully saturated rings. The number of carbonyl (C=O) groups is 1. The summed E-state index contributed by atoms with van der Waals surface area (Å²) < 4.78 is 61.8. The fraction of sp³-hybridized carbons (Fsp3) is 0.519. The van der Waals surface area contributed by atoms with Crippen LogP contribution >= 0.6 is 0 Å². The van der Waals surface area contributed by atoms with E-state index in [1.165, 1.54) is 28.6 Å². The molecule has 1 amide bonds. The molecular formula is C27H37N3O6S2. The standard InChI is InChI=1S/C27H37N3O6S2/c1-21-16-22(2)18-23(17-21)28-27(31)20-30(19-24-8-7-15-36-24)38(34,35)26-11-9-25(10-12-26)37(32,33)29-13-5-3-4-6-14-29/h9-12,16-18,24H,3-8,13-15,19-20H2,1-2H3,(H,28,31)/t24-/m0/s1. The van der Waals surface area contributed by atoms with Gasteiger partial charge >= 0.3 is 0 Å². The van der Waals surface area contributed by atoms with Gasteiger partial charge in [0.05, 0.1) is 22.4 Å². The van der Waals surface area contributed by atoms with Crippen molar-refractivity contribution in [1.29, 1.82) is 0 Å². The molecule has 2 saturated heterocycles. The van der Waals surface area contributed by atoms with E-state index in [4.69, 9.17) is 4.74 Å². The summed E-state index contributed by atoms with van der Waals surface area (Å²) in [6.07, 6.45) is 4.86. The van der Waals surface area contributed by atoms with Crippen molar-refractivity contribution in [3.05, 3.63) is 53.6 Å². The van der Waals surface area contributed by atoms with E-state index in [0.29, 0.717) is 31.8 Å². The number of benzene rings is 2. The van der Waals surface area contributed by atoms with Gasteiger partial charge in [-0.3, -0.25) is 4.79 Å². The van der Waals surface area contributed by atoms with Gasteiger partial charge < -0.3 is 10.1 Å². The van der Waals surface area contributed by atoms with Crippen LogP contribution < -0.4 is 5.32 Å². The number of amides is 1. The molecule has 0 saturated carbocycles. The summed E-state index contributed by atoms with van der Waals surface area (Å²) in [4.78, 5) is 12.9. The molecule has 4 rings (SSSR count). The van der Waals surface area contributed by atoms with E-state index in [9.17, 15) is 21.6 Å². The van der Waals surface area contributed by atoms with Gasteiger partial charge in [-0.2, -0.15) is 8.61 Å². The van der Waals surface area contributed by atoms with E-state index in [1.54, 1.807) is 0 Å². The predicted octanol–water partition coefficient (Wildman–Crippen LogP) is 3.68. The molecular weight excluding hydrogens is 526 g/mol. The quantitative estimate of drug-likeness (QED) is 0.498. The first-order valence-electron chi connectivity index (χ1n) is 13.2. The lowest BCUT2D eigenvalue weighted by atomic mass is 10.1. The van der Waals surface area contributed by atoms with Crippen molar-refractivity contribution in [2.45, 2.75) is 68.3 Å². The van der Waals surface area contributed by atoms with E-state index in [-0.39, 0.29) is 29.0 Å². The zero-order valence-corrected chi connectivity index (χ0v) is 23.7. The number of hydrogen-bond acceptors (Lipinski definition) is 6. The van der Waals surface area contributed by atoms with E-state index in [1.807, 2.05) is 32.0 Å². The highest BCUT2D eigenvalue weighted by Crippen LogP contribution is 2.25. The van der Waals surface area contributed by atoms with E-state index in [2.05, 4.69) is 5.32 Å². The predicted molar refractivity (Wildman–Crippen MR) is 146 cm³/mol. The van der Waals surface area contributed by atoms with Crippen LogP contribution in [-0.2, 0) is 29.6 Å². The van der Waals surface area contributed by atoms with Crippen LogP contribution in [0, 0.1) is 13.8 Å². The molecule has 2 aliphatic heterocycles. The molecule has 38 heavy (non-hydrogen) atoms. The maximum atomic E-state index is 13.7. The van der Waals surface area contributed by atoms with Gasteiger partial charge in [-0.1, -0.05) is 18.9 Å². The Labute approximate surface area is 226 Å². The molecule has 2 aromatic rings. The van der Waals surface area contributed by atoms with Gasteiger partial charge in [-0.15, -0.1) is 0 Å². The zero-order valence-electron chi connectivity index (χ0n) is 22.1. The average molecular weight is 564 g/mol. The molecule has 2 aliphatic rings. The minimum Gasteiger partial charge on any atom is -0.377 e. The number of sulfonamides is 2. The number of ether oxygens (including phenoxy) is 1. The van der Waals surface area contributed by atoms with Crippen LogP contribution in [0.1, 0.15) is 49.7 Å². The number of hydrogen-bond donors (Lipinski definition) is 1. The lowest BCUT2D eigenvalue weighted by molar-refractivity contribution is -0.116. The molecule has 0 unspecified atom stereocenters. The average Bonchev–Trinajstić information content (AvgIpc) is 3.21. The van der Waals surface area contributed by atoms with Gasteiger partial charge in [0.25, 0.3) is 0 Å². The monoisotopic (exact) mass is 563 g/mol. The third kappa shape index (κ3) is 7.01. The third-order valence-electron chi connectivity index (χ3n) is 6.92. The fourth-order valence-electron chi connectivity index (χ4n) is 5.03. The molecule has 0 radical (unpaired) electrons. The summed E-state index contributed by atoms with van der Waals surface area (Å²) in [6, 6.07) is 10.9. The number of nitrogens with zero attached hydrogens (tertiary/aromatic N) is 2. The summed E-state index contributed by atoms with van der Waals surface area (Å²) in [6.45, 7) is 4.98. The largest absolute Gasteiger partial charge is 0.377 e. The van der Waals surface area contributed by atoms with Crippen molar-refractivity contribution in [2.75, 3.05) is 38.1 Å². The molecule has 2 heterocycles. The third-order valence-corrected chi connectivity index (χ3v) is 10.7. The van der Waals surface area contributed by atoms with E-state index < -0.39 is 26.0 Å². The highest BCUT2D eigenvalue weighted by Gasteiger charge is 2.32. The van der Waals surface area contributed by atoms with Crippen LogP contribution in [0.5, 0.6) is 0 Å². The Balaban J connectivity index is 1.54. The summed E-state index contributed by atoms with van der Waals surface area (Å²) >= 11 is 0. The summed E-state index contributed by atoms with van der Waals surface area (Å²) in [5.74, 6) is -0.461. The molecule has 0 spiro atoms. The lowest BCUT2D eigenvalue weighted by Gasteiger charge is -2.25. The lowest BCUT2D eigenvalue weighted by Crippen LogP contribution is -2.42. The first kappa shape index (κ1) is 28.7. The molecule has 11 heteroatoms. The molecule has 208 valence electrons. The number of anilines is 1. The zero-order chi connectivity index (χ0) is 27.3. The highest BCUT2D eigenvalue weighted by molar-refractivity contribution is 7.89. The van der Waals surface area contributed by atoms with Crippen molar-refractivity contribution in [2.24, 2.45) is 0 Å². The van der Waals surface area contributed by atoms with E-state index >= 15 is 0 Å². The Morgan fingerprint density at radius 2 is 1.53 bits per heavy atom. The van der Waals surface area contributed by atoms with Crippen LogP contribution in [0.25, 0.3) is 0 Å². The van der Waals surface area contributed by atoms with Crippen molar-refractivity contribution < 1.29 is 26.4 Å². The van der Waals surface area contributed by atoms with Crippen LogP contribution in [0.3, 0.4) is 0 Å². The molecule has 1 atom stereocenters. The number of aryl methyl sites for hydroxylation is 2. The van der Waals surface area contributed by atoms with Gasteiger partial charge in [0.2, 0.25) is 26.0 Å². The molecule has 0 bridgehead atoms. The van der Waals surface area contributed by atoms with Gasteiger partial charge in [-0.05, 0) is 87.1 Å². The summed E-state index contributed by atoms with van der Waals surface area (Å²) in [7, 11) is -7.81. The second kappa shape index (κ2) is 12.3. The van der Waals surface area contributed by atoms with Gasteiger partial charge in [0.1, 0.15) is 0 Å². The number of carbonyl (C=O) groups excluding carboxylic acids is 1. The fourth-order valence-corrected chi connectivity index (χ4v) is 7.98. The molecule has 2 aromatic carbocycles. The van der Waals surface area contributed by atoms with E-state index in [0.717, 1.165) is 47.5 Å². The van der Waals surface area contributed by atoms with Gasteiger partial charge in [-0.25, -0.2) is 16.8 Å². The molecule has 1 N–H and O–H groups in total. The van der Waals surface area contributed by atoms with Crippen LogP contribution in [0.4, 0.5) is 5.69 Å². The Bertz CT molecular complexity index is 1310. The van der Waals surface area contributed by atoms with Crippen LogP contribution in [-0.4, -0.2) is 70.2 Å². The Kier molecular flexibility index (Phi) is 9.25. The first-order chi connectivity index (χ1) is 18.1. The minimum atomic E-state index is -4.10. The maximum absolute atomic E-state index is 13.7. The van der Waals surface area contributed by atoms with Crippen molar-refractivity contribution in [3.63, 3.8) is 0 Å². The normalized spacial score (nSPS) is 19.4. The van der Waals surface area contributed by atoms with Gasteiger partial charge in [0.15, 0.2) is 0 Å². The summed E-state index contributed by atoms with van der Waals surface area (Å²) in [5.41, 5.74) is 2.57. The second-order valence-corrected chi connectivity index (χ2v) is 14.0. The number of rotatable bonds is 9. The Hall–Kier alpha value is -2.31. The molecule has 9 nitrogen and oxygen atoms in total. The van der Waals surface area contributed by atoms with Crippen molar-refractivity contribution in [1.82, 2.24) is 8.61 Å². The van der Waals surface area contributed by atoms with Gasteiger partial charge in [0, 0.05) is 31.9 Å². The van der Waals surface area contributed by atoms with Crippen LogP contribution in [0.15, 0.2) is 52.3 Å². The summed E-state index contributed by atoms with van der Waals surface area (Å²) in [5, 5.41) is 2.80. The number of nitrogens with one attached hydrogen (secondary N) is 1. The van der Waals surface area contributed by atoms with Crippen LogP contribution in [0.2, 0.25) is 0 Å². The molecule has 0 aromatic heterocycles. The maximum Gasteiger partial charge on any atom is 0.243 e. The smallest absolute Gasteiger partial charge is 0.243 e. The van der Waals surface area contributed by atoms with Crippen molar-refractivity contribution in [3.8, 4) is 0 Å². The first-order valence-corrected chi connectivity index (χ1v) is 16.0.